The van der Waals surface area contributed by atoms with Crippen LogP contribution in [0.3, 0.4) is 0 Å². The van der Waals surface area contributed by atoms with Gasteiger partial charge in [0.25, 0.3) is 5.91 Å². The van der Waals surface area contributed by atoms with Crippen molar-refractivity contribution in [1.82, 2.24) is 9.97 Å². The van der Waals surface area contributed by atoms with Crippen molar-refractivity contribution in [2.45, 2.75) is 6.92 Å². The molecule has 0 saturated carbocycles. The number of hydrogen-bond donors (Lipinski definition) is 2. The molecule has 1 amide bonds. The zero-order chi connectivity index (χ0) is 13.1. The van der Waals surface area contributed by atoms with Crippen LogP contribution < -0.4 is 5.32 Å². The molecule has 0 atom stereocenters. The second-order valence-corrected chi connectivity index (χ2v) is 4.66. The number of aryl methyl sites for hydroxylation is 1. The number of carboxylic acid groups (broad SMARTS) is 1. The van der Waals surface area contributed by atoms with Crippen molar-refractivity contribution in [1.29, 1.82) is 0 Å². The lowest BCUT2D eigenvalue weighted by Crippen LogP contribution is -2.13. The molecule has 0 aliphatic rings. The molecule has 18 heavy (non-hydrogen) atoms. The Morgan fingerprint density at radius 3 is 2.78 bits per heavy atom. The first-order valence-electron chi connectivity index (χ1n) is 4.99. The van der Waals surface area contributed by atoms with Crippen molar-refractivity contribution in [2.24, 2.45) is 0 Å². The number of aromatic carboxylic acids is 1. The van der Waals surface area contributed by atoms with E-state index in [1.807, 2.05) is 0 Å². The van der Waals surface area contributed by atoms with Crippen molar-refractivity contribution in [3.63, 3.8) is 0 Å². The average Bonchev–Trinajstić information content (AvgIpc) is 2.76. The topological polar surface area (TPSA) is 92.2 Å². The maximum absolute atomic E-state index is 11.8. The first-order valence-corrected chi connectivity index (χ1v) is 5.80. The Balaban J connectivity index is 2.24. The summed E-state index contributed by atoms with van der Waals surface area (Å²) in [6, 6.07) is 1.33. The van der Waals surface area contributed by atoms with Crippen molar-refractivity contribution >= 4 is 28.9 Å². The van der Waals surface area contributed by atoms with Gasteiger partial charge >= 0.3 is 5.97 Å². The van der Waals surface area contributed by atoms with E-state index in [1.54, 1.807) is 6.92 Å². The second kappa shape index (κ2) is 4.92. The molecular formula is C11H9N3O3S. The van der Waals surface area contributed by atoms with Gasteiger partial charge in [-0.3, -0.25) is 9.78 Å². The molecule has 0 unspecified atom stereocenters. The van der Waals surface area contributed by atoms with Gasteiger partial charge in [-0.05, 0) is 13.0 Å². The van der Waals surface area contributed by atoms with Crippen LogP contribution in [0.15, 0.2) is 24.7 Å². The highest BCUT2D eigenvalue weighted by molar-refractivity contribution is 7.13. The minimum Gasteiger partial charge on any atom is -0.478 e. The molecule has 0 fully saturated rings. The second-order valence-electron chi connectivity index (χ2n) is 3.42. The predicted octanol–water partition coefficient (Wildman–Crippen LogP) is 1.80. The van der Waals surface area contributed by atoms with Crippen LogP contribution in [0.2, 0.25) is 0 Å². The van der Waals surface area contributed by atoms with Gasteiger partial charge < -0.3 is 10.4 Å². The average molecular weight is 263 g/mol. The summed E-state index contributed by atoms with van der Waals surface area (Å²) in [6.07, 6.45) is 4.11. The van der Waals surface area contributed by atoms with Crippen LogP contribution in [-0.4, -0.2) is 27.0 Å². The monoisotopic (exact) mass is 263 g/mol. The largest absolute Gasteiger partial charge is 0.478 e. The van der Waals surface area contributed by atoms with Crippen molar-refractivity contribution in [3.05, 3.63) is 40.1 Å². The van der Waals surface area contributed by atoms with E-state index in [9.17, 15) is 9.59 Å². The highest BCUT2D eigenvalue weighted by atomic mass is 32.1. The Morgan fingerprint density at radius 1 is 1.39 bits per heavy atom. The third kappa shape index (κ3) is 2.51. The van der Waals surface area contributed by atoms with Crippen molar-refractivity contribution in [2.75, 3.05) is 5.32 Å². The third-order valence-electron chi connectivity index (χ3n) is 2.14. The van der Waals surface area contributed by atoms with E-state index >= 15 is 0 Å². The summed E-state index contributed by atoms with van der Waals surface area (Å²) >= 11 is 1.24. The van der Waals surface area contributed by atoms with Gasteiger partial charge in [0, 0.05) is 6.20 Å². The van der Waals surface area contributed by atoms with E-state index in [2.05, 4.69) is 15.3 Å². The lowest BCUT2D eigenvalue weighted by molar-refractivity contribution is 0.0698. The smallest absolute Gasteiger partial charge is 0.337 e. The van der Waals surface area contributed by atoms with E-state index in [0.717, 1.165) is 5.01 Å². The number of rotatable bonds is 3. The molecule has 0 aromatic carbocycles. The van der Waals surface area contributed by atoms with Gasteiger partial charge in [-0.1, -0.05) is 0 Å². The zero-order valence-corrected chi connectivity index (χ0v) is 10.2. The number of nitrogens with one attached hydrogen (secondary N) is 1. The van der Waals surface area contributed by atoms with E-state index in [-0.39, 0.29) is 11.3 Å². The van der Waals surface area contributed by atoms with Crippen LogP contribution in [-0.2, 0) is 0 Å². The first-order chi connectivity index (χ1) is 8.58. The number of carbonyl (C=O) groups is 2. The van der Waals surface area contributed by atoms with E-state index in [4.69, 9.17) is 5.11 Å². The Bertz CT molecular complexity index is 609. The van der Waals surface area contributed by atoms with Crippen molar-refractivity contribution in [3.8, 4) is 0 Å². The molecule has 0 spiro atoms. The summed E-state index contributed by atoms with van der Waals surface area (Å²) in [4.78, 5) is 31.0. The third-order valence-corrected chi connectivity index (χ3v) is 3.06. The molecule has 2 N–H and O–H groups in total. The molecule has 92 valence electrons. The van der Waals surface area contributed by atoms with Gasteiger partial charge in [-0.15, -0.1) is 11.3 Å². The standard InChI is InChI=1S/C11H9N3O3S/c1-6-13-5-9(18-6)10(15)14-8-4-12-3-2-7(8)11(16)17/h2-5H,1H3,(H,14,15)(H,16,17). The minimum absolute atomic E-state index is 0.000382. The fourth-order valence-electron chi connectivity index (χ4n) is 1.33. The van der Waals surface area contributed by atoms with Crippen LogP contribution in [0.4, 0.5) is 5.69 Å². The quantitative estimate of drug-likeness (QED) is 0.880. The Kier molecular flexibility index (Phi) is 3.33. The molecule has 0 radical (unpaired) electrons. The lowest BCUT2D eigenvalue weighted by Gasteiger charge is -2.05. The molecule has 2 aromatic rings. The molecule has 7 heteroatoms. The molecule has 0 bridgehead atoms. The van der Waals surface area contributed by atoms with Gasteiger partial charge in [-0.2, -0.15) is 0 Å². The number of amides is 1. The molecule has 0 aliphatic carbocycles. The fraction of sp³-hybridized carbons (Fsp3) is 0.0909. The summed E-state index contributed by atoms with van der Waals surface area (Å²) < 4.78 is 0. The highest BCUT2D eigenvalue weighted by Gasteiger charge is 2.14. The number of anilines is 1. The number of thiazole rings is 1. The van der Waals surface area contributed by atoms with Gasteiger partial charge in [0.15, 0.2) is 0 Å². The van der Waals surface area contributed by atoms with Crippen LogP contribution in [0, 0.1) is 6.92 Å². The van der Waals surface area contributed by atoms with E-state index in [0.29, 0.717) is 4.88 Å². The van der Waals surface area contributed by atoms with Gasteiger partial charge in [0.05, 0.1) is 28.7 Å². The summed E-state index contributed by atoms with van der Waals surface area (Å²) in [5, 5.41) is 12.2. The molecule has 2 aromatic heterocycles. The lowest BCUT2D eigenvalue weighted by atomic mass is 10.2. The number of pyridine rings is 1. The first kappa shape index (κ1) is 12.2. The van der Waals surface area contributed by atoms with Gasteiger partial charge in [0.2, 0.25) is 0 Å². The van der Waals surface area contributed by atoms with E-state index < -0.39 is 11.9 Å². The number of carbonyl (C=O) groups excluding carboxylic acids is 1. The Labute approximate surface area is 106 Å². The molecule has 0 saturated heterocycles. The highest BCUT2D eigenvalue weighted by Crippen LogP contribution is 2.17. The Hall–Kier alpha value is -2.28. The minimum atomic E-state index is -1.12. The number of aromatic nitrogens is 2. The number of hydrogen-bond acceptors (Lipinski definition) is 5. The molecule has 6 nitrogen and oxygen atoms in total. The maximum Gasteiger partial charge on any atom is 0.337 e. The normalized spacial score (nSPS) is 10.1. The molecule has 2 heterocycles. The fourth-order valence-corrected chi connectivity index (χ4v) is 2.00. The molecule has 0 aliphatic heterocycles. The van der Waals surface area contributed by atoms with Gasteiger partial charge in [-0.25, -0.2) is 9.78 Å². The van der Waals surface area contributed by atoms with Crippen LogP contribution >= 0.6 is 11.3 Å². The summed E-state index contributed by atoms with van der Waals surface area (Å²) in [5.74, 6) is -1.51. The van der Waals surface area contributed by atoms with Gasteiger partial charge in [0.1, 0.15) is 4.88 Å². The summed E-state index contributed by atoms with van der Waals surface area (Å²) in [7, 11) is 0. The summed E-state index contributed by atoms with van der Waals surface area (Å²) in [6.45, 7) is 1.79. The number of nitrogens with zero attached hydrogens (tertiary/aromatic N) is 2. The SMILES string of the molecule is Cc1ncc(C(=O)Nc2cnccc2C(=O)O)s1. The van der Waals surface area contributed by atoms with Crippen molar-refractivity contribution < 1.29 is 14.7 Å². The van der Waals surface area contributed by atoms with Crippen LogP contribution in [0.1, 0.15) is 25.0 Å². The maximum atomic E-state index is 11.8. The van der Waals surface area contributed by atoms with Crippen LogP contribution in [0.25, 0.3) is 0 Å². The summed E-state index contributed by atoms with van der Waals surface area (Å²) in [5.41, 5.74) is 0.167. The zero-order valence-electron chi connectivity index (χ0n) is 9.38. The predicted molar refractivity (Wildman–Crippen MR) is 66.0 cm³/mol. The van der Waals surface area contributed by atoms with Crippen LogP contribution in [0.5, 0.6) is 0 Å². The molecular weight excluding hydrogens is 254 g/mol. The Morgan fingerprint density at radius 2 is 2.17 bits per heavy atom. The molecule has 2 rings (SSSR count). The van der Waals surface area contributed by atoms with E-state index in [1.165, 1.54) is 36.0 Å². The number of carboxylic acids is 1.